The largest absolute Gasteiger partial charge is 0.368 e. The molecule has 0 radical (unpaired) electrons. The molecular formula is C6H13N3O. The second kappa shape index (κ2) is 2.98. The third-order valence-corrected chi connectivity index (χ3v) is 1.87. The van der Waals surface area contributed by atoms with E-state index < -0.39 is 0 Å². The van der Waals surface area contributed by atoms with Crippen LogP contribution in [0.15, 0.2) is 0 Å². The summed E-state index contributed by atoms with van der Waals surface area (Å²) in [5.74, 6) is 5.21. The molecule has 1 aliphatic heterocycles. The summed E-state index contributed by atoms with van der Waals surface area (Å²) in [6, 6.07) is -0.228. The molecule has 10 heavy (non-hydrogen) atoms. The fourth-order valence-corrected chi connectivity index (χ4v) is 1.26. The smallest absolute Gasteiger partial charge is 0.236 e. The summed E-state index contributed by atoms with van der Waals surface area (Å²) in [6.07, 6.45) is 2.94. The lowest BCUT2D eigenvalue weighted by Gasteiger charge is -2.28. The van der Waals surface area contributed by atoms with Crippen LogP contribution in [0.3, 0.4) is 0 Å². The van der Waals surface area contributed by atoms with Crippen molar-refractivity contribution in [2.45, 2.75) is 25.3 Å². The number of hydrazine groups is 1. The van der Waals surface area contributed by atoms with Crippen LogP contribution >= 0.6 is 0 Å². The Hall–Kier alpha value is -0.610. The average Bonchev–Trinajstić information content (AvgIpc) is 1.88. The van der Waals surface area contributed by atoms with Gasteiger partial charge in [0.15, 0.2) is 0 Å². The van der Waals surface area contributed by atoms with E-state index in [1.807, 2.05) is 0 Å². The van der Waals surface area contributed by atoms with Crippen molar-refractivity contribution in [2.24, 2.45) is 11.6 Å². The van der Waals surface area contributed by atoms with Gasteiger partial charge in [-0.05, 0) is 19.3 Å². The van der Waals surface area contributed by atoms with Gasteiger partial charge in [-0.25, -0.2) is 5.01 Å². The van der Waals surface area contributed by atoms with Crippen molar-refractivity contribution in [1.82, 2.24) is 5.01 Å². The zero-order valence-electron chi connectivity index (χ0n) is 5.92. The number of hydrogen-bond donors (Lipinski definition) is 2. The Bertz CT molecular complexity index is 137. The number of piperidine rings is 1. The van der Waals surface area contributed by atoms with Crippen LogP contribution in [0, 0.1) is 0 Å². The molecule has 1 heterocycles. The number of rotatable bonds is 1. The van der Waals surface area contributed by atoms with Crippen LogP contribution in [0.2, 0.25) is 0 Å². The van der Waals surface area contributed by atoms with Crippen LogP contribution in [0.1, 0.15) is 19.3 Å². The second-order valence-corrected chi connectivity index (χ2v) is 2.65. The van der Waals surface area contributed by atoms with E-state index in [0.29, 0.717) is 0 Å². The number of nitrogens with zero attached hydrogens (tertiary/aromatic N) is 1. The maximum atomic E-state index is 10.7. The van der Waals surface area contributed by atoms with Crippen molar-refractivity contribution in [3.63, 3.8) is 0 Å². The molecule has 1 saturated heterocycles. The highest BCUT2D eigenvalue weighted by atomic mass is 16.1. The predicted octanol–water partition coefficient (Wildman–Crippen LogP) is -0.800. The minimum atomic E-state index is -0.304. The predicted molar refractivity (Wildman–Crippen MR) is 37.7 cm³/mol. The monoisotopic (exact) mass is 143 g/mol. The van der Waals surface area contributed by atoms with Gasteiger partial charge < -0.3 is 5.73 Å². The SMILES string of the molecule is NC(=O)C1CCCCN1N. The van der Waals surface area contributed by atoms with E-state index in [1.54, 1.807) is 0 Å². The Morgan fingerprint density at radius 2 is 2.20 bits per heavy atom. The molecule has 0 aromatic carbocycles. The number of hydrogen-bond acceptors (Lipinski definition) is 3. The highest BCUT2D eigenvalue weighted by molar-refractivity contribution is 5.79. The molecule has 1 amide bonds. The topological polar surface area (TPSA) is 72.4 Å². The molecule has 0 spiro atoms. The molecule has 4 N–H and O–H groups in total. The van der Waals surface area contributed by atoms with Gasteiger partial charge in [-0.1, -0.05) is 0 Å². The van der Waals surface area contributed by atoms with Gasteiger partial charge in [-0.2, -0.15) is 0 Å². The van der Waals surface area contributed by atoms with Gasteiger partial charge >= 0.3 is 0 Å². The molecule has 1 rings (SSSR count). The first kappa shape index (κ1) is 7.50. The van der Waals surface area contributed by atoms with Gasteiger partial charge in [0, 0.05) is 6.54 Å². The maximum absolute atomic E-state index is 10.7. The van der Waals surface area contributed by atoms with Gasteiger partial charge in [-0.3, -0.25) is 10.6 Å². The van der Waals surface area contributed by atoms with Crippen molar-refractivity contribution < 1.29 is 4.79 Å². The molecule has 0 aromatic heterocycles. The first-order valence-corrected chi connectivity index (χ1v) is 3.52. The molecule has 1 atom stereocenters. The minimum Gasteiger partial charge on any atom is -0.368 e. The van der Waals surface area contributed by atoms with E-state index in [0.717, 1.165) is 25.8 Å². The number of primary amides is 1. The fraction of sp³-hybridized carbons (Fsp3) is 0.833. The van der Waals surface area contributed by atoms with E-state index in [9.17, 15) is 4.79 Å². The van der Waals surface area contributed by atoms with Gasteiger partial charge in [0.2, 0.25) is 5.91 Å². The molecule has 0 bridgehead atoms. The van der Waals surface area contributed by atoms with Crippen molar-refractivity contribution in [3.05, 3.63) is 0 Å². The lowest BCUT2D eigenvalue weighted by Crippen LogP contribution is -2.51. The molecule has 0 aliphatic carbocycles. The van der Waals surface area contributed by atoms with Gasteiger partial charge in [-0.15, -0.1) is 0 Å². The van der Waals surface area contributed by atoms with Gasteiger partial charge in [0.25, 0.3) is 0 Å². The summed E-state index contributed by atoms with van der Waals surface area (Å²) in [4.78, 5) is 10.7. The zero-order valence-corrected chi connectivity index (χ0v) is 5.92. The van der Waals surface area contributed by atoms with Crippen molar-refractivity contribution in [2.75, 3.05) is 6.54 Å². The van der Waals surface area contributed by atoms with E-state index >= 15 is 0 Å². The van der Waals surface area contributed by atoms with Crippen molar-refractivity contribution in [3.8, 4) is 0 Å². The number of carbonyl (C=O) groups excluding carboxylic acids is 1. The van der Waals surface area contributed by atoms with Crippen LogP contribution in [0.4, 0.5) is 0 Å². The van der Waals surface area contributed by atoms with Crippen molar-refractivity contribution >= 4 is 5.91 Å². The van der Waals surface area contributed by atoms with E-state index in [-0.39, 0.29) is 11.9 Å². The Morgan fingerprint density at radius 1 is 1.50 bits per heavy atom. The number of amides is 1. The number of nitrogens with two attached hydrogens (primary N) is 2. The molecule has 1 unspecified atom stereocenters. The normalized spacial score (nSPS) is 28.3. The van der Waals surface area contributed by atoms with Crippen molar-refractivity contribution in [1.29, 1.82) is 0 Å². The first-order valence-electron chi connectivity index (χ1n) is 3.52. The van der Waals surface area contributed by atoms with E-state index in [2.05, 4.69) is 0 Å². The maximum Gasteiger partial charge on any atom is 0.236 e. The van der Waals surface area contributed by atoms with Gasteiger partial charge in [0.1, 0.15) is 6.04 Å². The third-order valence-electron chi connectivity index (χ3n) is 1.87. The summed E-state index contributed by atoms with van der Waals surface area (Å²) in [5, 5.41) is 1.53. The molecule has 4 nitrogen and oxygen atoms in total. The van der Waals surface area contributed by atoms with Crippen LogP contribution in [0.5, 0.6) is 0 Å². The highest BCUT2D eigenvalue weighted by Crippen LogP contribution is 2.12. The quantitative estimate of drug-likeness (QED) is 0.472. The molecule has 58 valence electrons. The standard InChI is InChI=1S/C6H13N3O/c7-6(10)5-3-1-2-4-9(5)8/h5H,1-4,8H2,(H2,7,10). The van der Waals surface area contributed by atoms with Crippen LogP contribution in [0.25, 0.3) is 0 Å². The Labute approximate surface area is 60.1 Å². The Morgan fingerprint density at radius 3 is 2.60 bits per heavy atom. The average molecular weight is 143 g/mol. The lowest BCUT2D eigenvalue weighted by molar-refractivity contribution is -0.124. The van der Waals surface area contributed by atoms with E-state index in [1.165, 1.54) is 5.01 Å². The summed E-state index contributed by atoms with van der Waals surface area (Å²) in [7, 11) is 0. The lowest BCUT2D eigenvalue weighted by atomic mass is 10.0. The molecular weight excluding hydrogens is 130 g/mol. The molecule has 1 fully saturated rings. The molecule has 1 aliphatic rings. The zero-order chi connectivity index (χ0) is 7.56. The minimum absolute atomic E-state index is 0.228. The summed E-state index contributed by atoms with van der Waals surface area (Å²) in [5.41, 5.74) is 5.10. The second-order valence-electron chi connectivity index (χ2n) is 2.65. The van der Waals surface area contributed by atoms with Crippen LogP contribution < -0.4 is 11.6 Å². The van der Waals surface area contributed by atoms with Crippen LogP contribution in [-0.4, -0.2) is 23.5 Å². The van der Waals surface area contributed by atoms with Gasteiger partial charge in [0.05, 0.1) is 0 Å². The first-order chi connectivity index (χ1) is 4.72. The number of carbonyl (C=O) groups is 1. The summed E-state index contributed by atoms with van der Waals surface area (Å²) >= 11 is 0. The Kier molecular flexibility index (Phi) is 2.24. The molecule has 0 aromatic rings. The molecule has 0 saturated carbocycles. The fourth-order valence-electron chi connectivity index (χ4n) is 1.26. The third kappa shape index (κ3) is 1.46. The van der Waals surface area contributed by atoms with E-state index in [4.69, 9.17) is 11.6 Å². The Balaban J connectivity index is 2.47. The summed E-state index contributed by atoms with van der Waals surface area (Å²) < 4.78 is 0. The summed E-state index contributed by atoms with van der Waals surface area (Å²) in [6.45, 7) is 0.785. The highest BCUT2D eigenvalue weighted by Gasteiger charge is 2.23. The molecule has 4 heteroatoms. The van der Waals surface area contributed by atoms with Crippen LogP contribution in [-0.2, 0) is 4.79 Å².